The number of hydrogen-bond acceptors (Lipinski definition) is 5. The second-order valence-corrected chi connectivity index (χ2v) is 9.19. The second-order valence-electron chi connectivity index (χ2n) is 7.09. The van der Waals surface area contributed by atoms with Crippen LogP contribution in [0.15, 0.2) is 11.4 Å². The Morgan fingerprint density at radius 2 is 2.19 bits per heavy atom. The van der Waals surface area contributed by atoms with E-state index in [9.17, 15) is 10.1 Å². The number of carbonyl (C=O) groups is 1. The molecule has 1 aliphatic heterocycles. The highest BCUT2D eigenvalue weighted by Crippen LogP contribution is 2.38. The third-order valence-electron chi connectivity index (χ3n) is 5.57. The quantitative estimate of drug-likeness (QED) is 0.842. The van der Waals surface area contributed by atoms with Crippen molar-refractivity contribution < 1.29 is 4.79 Å². The summed E-state index contributed by atoms with van der Waals surface area (Å²) in [6.07, 6.45) is 5.89. The van der Waals surface area contributed by atoms with Gasteiger partial charge in [0.15, 0.2) is 0 Å². The van der Waals surface area contributed by atoms with Gasteiger partial charge in [0.25, 0.3) is 0 Å². The van der Waals surface area contributed by atoms with Crippen LogP contribution in [0.2, 0.25) is 0 Å². The van der Waals surface area contributed by atoms with Gasteiger partial charge in [-0.2, -0.15) is 5.26 Å². The first kappa shape index (κ1) is 17.7. The molecular weight excluding hydrogens is 362 g/mol. The van der Waals surface area contributed by atoms with E-state index in [1.165, 1.54) is 27.3 Å². The van der Waals surface area contributed by atoms with E-state index < -0.39 is 0 Å². The number of aryl methyl sites for hydroxylation is 1. The predicted octanol–water partition coefficient (Wildman–Crippen LogP) is 4.51. The molecule has 0 spiro atoms. The van der Waals surface area contributed by atoms with Crippen LogP contribution < -0.4 is 5.32 Å². The van der Waals surface area contributed by atoms with Crippen LogP contribution in [0.5, 0.6) is 0 Å². The Morgan fingerprint density at radius 1 is 1.35 bits per heavy atom. The molecule has 2 aliphatic rings. The molecule has 3 heterocycles. The molecule has 0 radical (unpaired) electrons. The molecule has 0 fully saturated rings. The lowest BCUT2D eigenvalue weighted by atomic mass is 9.96. The van der Waals surface area contributed by atoms with Crippen LogP contribution in [0.4, 0.5) is 5.00 Å². The molecule has 1 aliphatic carbocycles. The Bertz CT molecular complexity index is 861. The van der Waals surface area contributed by atoms with Crippen molar-refractivity contribution in [1.29, 1.82) is 5.26 Å². The van der Waals surface area contributed by atoms with Gasteiger partial charge in [-0.3, -0.25) is 9.69 Å². The van der Waals surface area contributed by atoms with Gasteiger partial charge in [-0.25, -0.2) is 0 Å². The first-order valence-corrected chi connectivity index (χ1v) is 11.0. The molecule has 0 bridgehead atoms. The first-order chi connectivity index (χ1) is 12.7. The van der Waals surface area contributed by atoms with Gasteiger partial charge < -0.3 is 5.32 Å². The SMILES string of the molecule is C[C@@H]1c2ccsc2CCN1CCC(=O)Nc1sc2c(c1C#N)CCCC2. The molecule has 4 rings (SSSR count). The number of nitrogens with zero attached hydrogens (tertiary/aromatic N) is 2. The van der Waals surface area contributed by atoms with Crippen LogP contribution in [0.1, 0.15) is 58.7 Å². The van der Waals surface area contributed by atoms with Crippen LogP contribution in [0.25, 0.3) is 0 Å². The number of nitriles is 1. The smallest absolute Gasteiger partial charge is 0.226 e. The lowest BCUT2D eigenvalue weighted by Gasteiger charge is -2.33. The third kappa shape index (κ3) is 3.32. The largest absolute Gasteiger partial charge is 0.317 e. The number of anilines is 1. The molecule has 2 aromatic heterocycles. The van der Waals surface area contributed by atoms with Crippen molar-refractivity contribution in [1.82, 2.24) is 4.90 Å². The molecular formula is C20H23N3OS2. The fourth-order valence-corrected chi connectivity index (χ4v) is 6.29. The molecule has 6 heteroatoms. The average molecular weight is 386 g/mol. The number of nitrogens with one attached hydrogen (secondary N) is 1. The van der Waals surface area contributed by atoms with Gasteiger partial charge >= 0.3 is 0 Å². The summed E-state index contributed by atoms with van der Waals surface area (Å²) >= 11 is 3.44. The van der Waals surface area contributed by atoms with Crippen molar-refractivity contribution in [2.45, 2.75) is 51.5 Å². The summed E-state index contributed by atoms with van der Waals surface area (Å²) in [5, 5.41) is 15.5. The number of rotatable bonds is 4. The molecule has 26 heavy (non-hydrogen) atoms. The molecule has 4 nitrogen and oxygen atoms in total. The maximum absolute atomic E-state index is 12.5. The molecule has 0 unspecified atom stereocenters. The number of fused-ring (bicyclic) bond motifs is 2. The zero-order chi connectivity index (χ0) is 18.1. The minimum Gasteiger partial charge on any atom is -0.317 e. The zero-order valence-corrected chi connectivity index (χ0v) is 16.6. The summed E-state index contributed by atoms with van der Waals surface area (Å²) < 4.78 is 0. The van der Waals surface area contributed by atoms with Gasteiger partial charge in [0.1, 0.15) is 11.1 Å². The van der Waals surface area contributed by atoms with Crippen molar-refractivity contribution in [2.24, 2.45) is 0 Å². The molecule has 1 atom stereocenters. The van der Waals surface area contributed by atoms with Gasteiger partial charge in [0.2, 0.25) is 5.91 Å². The summed E-state index contributed by atoms with van der Waals surface area (Å²) in [6.45, 7) is 4.00. The summed E-state index contributed by atoms with van der Waals surface area (Å²) in [5.41, 5.74) is 3.29. The lowest BCUT2D eigenvalue weighted by Crippen LogP contribution is -2.35. The molecule has 0 saturated carbocycles. The molecule has 1 N–H and O–H groups in total. The van der Waals surface area contributed by atoms with Gasteiger partial charge in [-0.1, -0.05) is 0 Å². The van der Waals surface area contributed by atoms with Crippen LogP contribution in [-0.2, 0) is 24.1 Å². The minimum absolute atomic E-state index is 0.0170. The first-order valence-electron chi connectivity index (χ1n) is 9.32. The topological polar surface area (TPSA) is 56.1 Å². The fraction of sp³-hybridized carbons (Fsp3) is 0.500. The average Bonchev–Trinajstić information content (AvgIpc) is 3.25. The fourth-order valence-electron chi connectivity index (χ4n) is 4.07. The van der Waals surface area contributed by atoms with Gasteiger partial charge in [0, 0.05) is 35.3 Å². The number of carbonyl (C=O) groups excluding carboxylic acids is 1. The highest BCUT2D eigenvalue weighted by molar-refractivity contribution is 7.16. The van der Waals surface area contributed by atoms with E-state index in [0.717, 1.165) is 43.8 Å². The van der Waals surface area contributed by atoms with E-state index in [1.807, 2.05) is 11.3 Å². The standard InChI is InChI=1S/C20H23N3OS2/c1-13-14-8-11-25-17(14)6-9-23(13)10-7-19(24)22-20-16(12-21)15-4-2-3-5-18(15)26-20/h8,11,13H,2-7,9-10H2,1H3,(H,22,24)/t13-/m1/s1. The Kier molecular flexibility index (Phi) is 5.12. The molecule has 0 saturated heterocycles. The maximum Gasteiger partial charge on any atom is 0.226 e. The Hall–Kier alpha value is -1.68. The highest BCUT2D eigenvalue weighted by Gasteiger charge is 2.25. The second kappa shape index (κ2) is 7.51. The van der Waals surface area contributed by atoms with E-state index in [2.05, 4.69) is 34.7 Å². The Morgan fingerprint density at radius 3 is 3.04 bits per heavy atom. The number of amides is 1. The van der Waals surface area contributed by atoms with E-state index in [4.69, 9.17) is 0 Å². The Labute approximate surface area is 162 Å². The van der Waals surface area contributed by atoms with E-state index in [1.54, 1.807) is 11.3 Å². The summed E-state index contributed by atoms with van der Waals surface area (Å²) in [4.78, 5) is 17.7. The third-order valence-corrected chi connectivity index (χ3v) is 7.77. The van der Waals surface area contributed by atoms with E-state index in [0.29, 0.717) is 18.0 Å². The summed E-state index contributed by atoms with van der Waals surface area (Å²) in [7, 11) is 0. The molecule has 0 aromatic carbocycles. The molecule has 136 valence electrons. The van der Waals surface area contributed by atoms with Crippen molar-refractivity contribution >= 4 is 33.6 Å². The summed E-state index contributed by atoms with van der Waals surface area (Å²) in [5.74, 6) is 0.0170. The molecule has 1 amide bonds. The van der Waals surface area contributed by atoms with E-state index in [-0.39, 0.29) is 5.91 Å². The minimum atomic E-state index is 0.0170. The number of thiophene rings is 2. The van der Waals surface area contributed by atoms with Crippen LogP contribution in [0.3, 0.4) is 0 Å². The van der Waals surface area contributed by atoms with Crippen molar-refractivity contribution in [3.05, 3.63) is 37.9 Å². The maximum atomic E-state index is 12.5. The van der Waals surface area contributed by atoms with Crippen molar-refractivity contribution in [3.63, 3.8) is 0 Å². The van der Waals surface area contributed by atoms with Gasteiger partial charge in [-0.05, 0) is 61.6 Å². The lowest BCUT2D eigenvalue weighted by molar-refractivity contribution is -0.116. The summed E-state index contributed by atoms with van der Waals surface area (Å²) in [6, 6.07) is 4.91. The van der Waals surface area contributed by atoms with Crippen LogP contribution in [-0.4, -0.2) is 23.9 Å². The highest BCUT2D eigenvalue weighted by atomic mass is 32.1. The van der Waals surface area contributed by atoms with E-state index >= 15 is 0 Å². The van der Waals surface area contributed by atoms with Gasteiger partial charge in [0.05, 0.1) is 5.56 Å². The Balaban J connectivity index is 1.38. The normalized spacial score (nSPS) is 19.5. The van der Waals surface area contributed by atoms with Crippen molar-refractivity contribution in [2.75, 3.05) is 18.4 Å². The predicted molar refractivity (Wildman–Crippen MR) is 107 cm³/mol. The van der Waals surface area contributed by atoms with Gasteiger partial charge in [-0.15, -0.1) is 22.7 Å². The zero-order valence-electron chi connectivity index (χ0n) is 15.0. The monoisotopic (exact) mass is 385 g/mol. The van der Waals surface area contributed by atoms with Crippen molar-refractivity contribution in [3.8, 4) is 6.07 Å². The number of hydrogen-bond donors (Lipinski definition) is 1. The van der Waals surface area contributed by atoms with Crippen LogP contribution in [0, 0.1) is 11.3 Å². The van der Waals surface area contributed by atoms with Crippen LogP contribution >= 0.6 is 22.7 Å². The molecule has 2 aromatic rings.